The number of ether oxygens (including phenoxy) is 1. The number of halogens is 3. The molecular formula is C15H12F3N3O4. The van der Waals surface area contributed by atoms with E-state index in [1.54, 1.807) is 0 Å². The highest BCUT2D eigenvalue weighted by molar-refractivity contribution is 5.94. The fourth-order valence-corrected chi connectivity index (χ4v) is 1.84. The standard InChI is InChI=1S/C15H12F3N3O4/c1-9(25-12-3-2-8-19-13(12)21(23)24)14(22)20-11-6-4-10(5-7-11)15(16,17)18/h2-9H,1H3,(H,20,22). The van der Waals surface area contributed by atoms with E-state index in [1.807, 2.05) is 0 Å². The summed E-state index contributed by atoms with van der Waals surface area (Å²) >= 11 is 0. The minimum absolute atomic E-state index is 0.133. The molecular weight excluding hydrogens is 343 g/mol. The zero-order valence-corrected chi connectivity index (χ0v) is 12.8. The van der Waals surface area contributed by atoms with E-state index in [0.717, 1.165) is 24.3 Å². The van der Waals surface area contributed by atoms with Crippen molar-refractivity contribution in [2.24, 2.45) is 0 Å². The van der Waals surface area contributed by atoms with Crippen LogP contribution in [0.2, 0.25) is 0 Å². The first-order valence-electron chi connectivity index (χ1n) is 6.92. The monoisotopic (exact) mass is 355 g/mol. The summed E-state index contributed by atoms with van der Waals surface area (Å²) in [4.78, 5) is 25.7. The van der Waals surface area contributed by atoms with E-state index in [0.29, 0.717) is 0 Å². The van der Waals surface area contributed by atoms with E-state index in [2.05, 4.69) is 10.3 Å². The van der Waals surface area contributed by atoms with Gasteiger partial charge in [0.2, 0.25) is 5.75 Å². The predicted molar refractivity (Wildman–Crippen MR) is 81.1 cm³/mol. The summed E-state index contributed by atoms with van der Waals surface area (Å²) in [5.74, 6) is -1.42. The molecule has 7 nitrogen and oxygen atoms in total. The normalized spacial score (nSPS) is 12.3. The van der Waals surface area contributed by atoms with Gasteiger partial charge in [-0.15, -0.1) is 0 Å². The average Bonchev–Trinajstić information content (AvgIpc) is 2.54. The molecule has 10 heteroatoms. The second-order valence-electron chi connectivity index (χ2n) is 4.91. The molecule has 0 aliphatic heterocycles. The maximum atomic E-state index is 12.5. The molecule has 0 saturated heterocycles. The summed E-state index contributed by atoms with van der Waals surface area (Å²) in [6.07, 6.45) is -4.40. The molecule has 132 valence electrons. The number of amides is 1. The first kappa shape index (κ1) is 18.2. The Hall–Kier alpha value is -3.17. The van der Waals surface area contributed by atoms with Gasteiger partial charge in [0.1, 0.15) is 6.20 Å². The number of benzene rings is 1. The van der Waals surface area contributed by atoms with Crippen molar-refractivity contribution in [3.8, 4) is 5.75 Å². The molecule has 0 aliphatic rings. The van der Waals surface area contributed by atoms with Crippen LogP contribution in [0.1, 0.15) is 12.5 Å². The molecule has 1 atom stereocenters. The number of pyridine rings is 1. The molecule has 1 N–H and O–H groups in total. The molecule has 0 saturated carbocycles. The number of aromatic nitrogens is 1. The highest BCUT2D eigenvalue weighted by Crippen LogP contribution is 2.30. The van der Waals surface area contributed by atoms with Crippen LogP contribution in [0.25, 0.3) is 0 Å². The Morgan fingerprint density at radius 2 is 1.92 bits per heavy atom. The third-order valence-corrected chi connectivity index (χ3v) is 3.08. The number of rotatable bonds is 5. The van der Waals surface area contributed by atoms with Gasteiger partial charge in [-0.05, 0) is 53.2 Å². The smallest absolute Gasteiger partial charge is 0.416 e. The largest absolute Gasteiger partial charge is 0.473 e. The first-order chi connectivity index (χ1) is 11.7. The summed E-state index contributed by atoms with van der Waals surface area (Å²) < 4.78 is 42.7. The van der Waals surface area contributed by atoms with Gasteiger partial charge < -0.3 is 20.2 Å². The van der Waals surface area contributed by atoms with Gasteiger partial charge in [-0.3, -0.25) is 4.79 Å². The molecule has 0 bridgehead atoms. The fraction of sp³-hybridized carbons (Fsp3) is 0.200. The van der Waals surface area contributed by atoms with Crippen molar-refractivity contribution < 1.29 is 27.6 Å². The molecule has 2 aromatic rings. The van der Waals surface area contributed by atoms with Gasteiger partial charge in [0.25, 0.3) is 5.91 Å². The lowest BCUT2D eigenvalue weighted by Gasteiger charge is -2.14. The van der Waals surface area contributed by atoms with Crippen molar-refractivity contribution in [1.82, 2.24) is 4.98 Å². The molecule has 1 amide bonds. The second-order valence-corrected chi connectivity index (χ2v) is 4.91. The molecule has 25 heavy (non-hydrogen) atoms. The van der Waals surface area contributed by atoms with Crippen LogP contribution < -0.4 is 10.1 Å². The third-order valence-electron chi connectivity index (χ3n) is 3.08. The summed E-state index contributed by atoms with van der Waals surface area (Å²) in [6.45, 7) is 1.34. The molecule has 0 radical (unpaired) electrons. The highest BCUT2D eigenvalue weighted by Gasteiger charge is 2.30. The van der Waals surface area contributed by atoms with Crippen LogP contribution >= 0.6 is 0 Å². The Morgan fingerprint density at radius 3 is 2.48 bits per heavy atom. The van der Waals surface area contributed by atoms with Crippen molar-refractivity contribution in [2.75, 3.05) is 5.32 Å². The third kappa shape index (κ3) is 4.66. The van der Waals surface area contributed by atoms with E-state index < -0.39 is 34.5 Å². The van der Waals surface area contributed by atoms with Gasteiger partial charge in [0, 0.05) is 5.69 Å². The van der Waals surface area contributed by atoms with Gasteiger partial charge >= 0.3 is 12.0 Å². The van der Waals surface area contributed by atoms with Crippen LogP contribution in [0.4, 0.5) is 24.7 Å². The molecule has 1 aromatic carbocycles. The minimum atomic E-state index is -4.47. The zero-order chi connectivity index (χ0) is 18.6. The molecule has 1 aromatic heterocycles. The Bertz CT molecular complexity index is 778. The molecule has 2 rings (SSSR count). The van der Waals surface area contributed by atoms with Crippen LogP contribution in [-0.4, -0.2) is 21.9 Å². The van der Waals surface area contributed by atoms with Gasteiger partial charge in [0.05, 0.1) is 5.56 Å². The lowest BCUT2D eigenvalue weighted by molar-refractivity contribution is -0.390. The van der Waals surface area contributed by atoms with Gasteiger partial charge in [-0.2, -0.15) is 13.2 Å². The Morgan fingerprint density at radius 1 is 1.28 bits per heavy atom. The van der Waals surface area contributed by atoms with Gasteiger partial charge in [-0.1, -0.05) is 0 Å². The Kier molecular flexibility index (Phi) is 5.20. The summed E-state index contributed by atoms with van der Waals surface area (Å²) in [5.41, 5.74) is -0.713. The minimum Gasteiger partial charge on any atom is -0.473 e. The summed E-state index contributed by atoms with van der Waals surface area (Å²) in [6, 6.07) is 6.54. The van der Waals surface area contributed by atoms with Crippen LogP contribution in [-0.2, 0) is 11.0 Å². The highest BCUT2D eigenvalue weighted by atomic mass is 19.4. The van der Waals surface area contributed by atoms with E-state index in [-0.39, 0.29) is 11.4 Å². The molecule has 0 aliphatic carbocycles. The maximum Gasteiger partial charge on any atom is 0.416 e. The number of hydrogen-bond donors (Lipinski definition) is 1. The number of nitrogens with zero attached hydrogens (tertiary/aromatic N) is 2. The second kappa shape index (κ2) is 7.16. The number of carbonyl (C=O) groups is 1. The number of anilines is 1. The van der Waals surface area contributed by atoms with E-state index >= 15 is 0 Å². The van der Waals surface area contributed by atoms with Crippen molar-refractivity contribution in [3.63, 3.8) is 0 Å². The van der Waals surface area contributed by atoms with Crippen LogP contribution in [0.3, 0.4) is 0 Å². The first-order valence-corrected chi connectivity index (χ1v) is 6.92. The van der Waals surface area contributed by atoms with E-state index in [4.69, 9.17) is 4.74 Å². The molecule has 0 spiro atoms. The topological polar surface area (TPSA) is 94.4 Å². The Labute approximate surface area is 139 Å². The lowest BCUT2D eigenvalue weighted by atomic mass is 10.2. The van der Waals surface area contributed by atoms with Crippen LogP contribution in [0.5, 0.6) is 5.75 Å². The number of carbonyl (C=O) groups excluding carboxylic acids is 1. The molecule has 1 unspecified atom stereocenters. The fourth-order valence-electron chi connectivity index (χ4n) is 1.84. The van der Waals surface area contributed by atoms with E-state index in [9.17, 15) is 28.1 Å². The number of alkyl halides is 3. The van der Waals surface area contributed by atoms with Crippen LogP contribution in [0.15, 0.2) is 42.6 Å². The van der Waals surface area contributed by atoms with Gasteiger partial charge in [-0.25, -0.2) is 0 Å². The predicted octanol–water partition coefficient (Wildman–Crippen LogP) is 3.41. The van der Waals surface area contributed by atoms with Crippen molar-refractivity contribution in [3.05, 3.63) is 58.3 Å². The van der Waals surface area contributed by atoms with Crippen molar-refractivity contribution >= 4 is 17.4 Å². The van der Waals surface area contributed by atoms with Crippen molar-refractivity contribution in [1.29, 1.82) is 0 Å². The SMILES string of the molecule is CC(Oc1cccnc1[N+](=O)[O-])C(=O)Nc1ccc(C(F)(F)F)cc1. The Balaban J connectivity index is 2.05. The quantitative estimate of drug-likeness (QED) is 0.655. The number of nitro groups is 1. The van der Waals surface area contributed by atoms with Crippen LogP contribution in [0, 0.1) is 10.1 Å². The number of nitrogens with one attached hydrogen (secondary N) is 1. The zero-order valence-electron chi connectivity index (χ0n) is 12.8. The average molecular weight is 355 g/mol. The van der Waals surface area contributed by atoms with Crippen molar-refractivity contribution in [2.45, 2.75) is 19.2 Å². The summed E-state index contributed by atoms with van der Waals surface area (Å²) in [5, 5.41) is 13.2. The summed E-state index contributed by atoms with van der Waals surface area (Å²) in [7, 11) is 0. The van der Waals surface area contributed by atoms with Gasteiger partial charge in [0.15, 0.2) is 6.10 Å². The lowest BCUT2D eigenvalue weighted by Crippen LogP contribution is -2.30. The maximum absolute atomic E-state index is 12.5. The molecule has 1 heterocycles. The van der Waals surface area contributed by atoms with E-state index in [1.165, 1.54) is 25.3 Å². The number of hydrogen-bond acceptors (Lipinski definition) is 5. The molecule has 0 fully saturated rings.